The van der Waals surface area contributed by atoms with Crippen LogP contribution in [-0.2, 0) is 13.0 Å². The molecule has 0 atom stereocenters. The number of hydrogen-bond donors (Lipinski definition) is 2. The lowest BCUT2D eigenvalue weighted by Gasteiger charge is -2.22. The van der Waals surface area contributed by atoms with Crippen molar-refractivity contribution in [3.8, 4) is 0 Å². The largest absolute Gasteiger partial charge is 0.392 e. The van der Waals surface area contributed by atoms with Crippen LogP contribution in [0.15, 0.2) is 24.3 Å². The number of benzene rings is 1. The van der Waals surface area contributed by atoms with Crippen molar-refractivity contribution in [1.82, 2.24) is 5.32 Å². The van der Waals surface area contributed by atoms with Gasteiger partial charge in [0.05, 0.1) is 6.61 Å². The van der Waals surface area contributed by atoms with Crippen LogP contribution in [0.4, 0.5) is 0 Å². The molecule has 15 heavy (non-hydrogen) atoms. The molecule has 82 valence electrons. The summed E-state index contributed by atoms with van der Waals surface area (Å²) in [4.78, 5) is 0. The van der Waals surface area contributed by atoms with Crippen molar-refractivity contribution in [2.75, 3.05) is 13.1 Å². The highest BCUT2D eigenvalue weighted by molar-refractivity contribution is 5.22. The molecule has 1 aliphatic rings. The Morgan fingerprint density at radius 3 is 2.27 bits per heavy atom. The molecule has 0 saturated carbocycles. The molecule has 0 unspecified atom stereocenters. The monoisotopic (exact) mass is 205 g/mol. The van der Waals surface area contributed by atoms with E-state index in [1.807, 2.05) is 12.1 Å². The van der Waals surface area contributed by atoms with Crippen LogP contribution in [0.2, 0.25) is 0 Å². The zero-order valence-electron chi connectivity index (χ0n) is 9.08. The first-order valence-corrected chi connectivity index (χ1v) is 5.78. The van der Waals surface area contributed by atoms with Gasteiger partial charge < -0.3 is 10.4 Å². The molecule has 2 heteroatoms. The topological polar surface area (TPSA) is 32.3 Å². The van der Waals surface area contributed by atoms with Crippen LogP contribution >= 0.6 is 0 Å². The average molecular weight is 205 g/mol. The summed E-state index contributed by atoms with van der Waals surface area (Å²) in [6.45, 7) is 2.48. The van der Waals surface area contributed by atoms with Gasteiger partial charge in [0.1, 0.15) is 0 Å². The Morgan fingerprint density at radius 1 is 1.07 bits per heavy atom. The molecule has 2 rings (SSSR count). The summed E-state index contributed by atoms with van der Waals surface area (Å²) >= 11 is 0. The second-order valence-electron chi connectivity index (χ2n) is 4.37. The molecule has 0 aliphatic carbocycles. The van der Waals surface area contributed by atoms with Gasteiger partial charge in [-0.25, -0.2) is 0 Å². The predicted octanol–water partition coefficient (Wildman–Crippen LogP) is 1.72. The minimum absolute atomic E-state index is 0.146. The van der Waals surface area contributed by atoms with Gasteiger partial charge in [0, 0.05) is 0 Å². The van der Waals surface area contributed by atoms with Gasteiger partial charge in [0.25, 0.3) is 0 Å². The normalized spacial score (nSPS) is 17.9. The molecule has 2 nitrogen and oxygen atoms in total. The fourth-order valence-corrected chi connectivity index (χ4v) is 2.20. The van der Waals surface area contributed by atoms with Gasteiger partial charge >= 0.3 is 0 Å². The van der Waals surface area contributed by atoms with Crippen molar-refractivity contribution < 1.29 is 5.11 Å². The molecule has 0 spiro atoms. The van der Waals surface area contributed by atoms with Crippen molar-refractivity contribution >= 4 is 0 Å². The zero-order chi connectivity index (χ0) is 10.5. The van der Waals surface area contributed by atoms with Gasteiger partial charge in [-0.15, -0.1) is 0 Å². The maximum Gasteiger partial charge on any atom is 0.0681 e. The van der Waals surface area contributed by atoms with Crippen LogP contribution in [0.25, 0.3) is 0 Å². The van der Waals surface area contributed by atoms with Crippen LogP contribution in [0, 0.1) is 5.92 Å². The minimum Gasteiger partial charge on any atom is -0.392 e. The van der Waals surface area contributed by atoms with Gasteiger partial charge in [-0.3, -0.25) is 0 Å². The van der Waals surface area contributed by atoms with Crippen LogP contribution in [-0.4, -0.2) is 18.2 Å². The minimum atomic E-state index is 0.146. The van der Waals surface area contributed by atoms with Crippen molar-refractivity contribution in [2.45, 2.75) is 25.9 Å². The molecule has 1 aliphatic heterocycles. The molecule has 0 radical (unpaired) electrons. The summed E-state index contributed by atoms with van der Waals surface area (Å²) in [6.07, 6.45) is 3.77. The standard InChI is InChI=1S/C13H19NO/c15-10-13-3-1-11(2-4-13)9-12-5-7-14-8-6-12/h1-4,12,14-15H,5-10H2. The highest BCUT2D eigenvalue weighted by Gasteiger charge is 2.12. The highest BCUT2D eigenvalue weighted by Crippen LogP contribution is 2.18. The van der Waals surface area contributed by atoms with Crippen LogP contribution < -0.4 is 5.32 Å². The number of nitrogens with one attached hydrogen (secondary N) is 1. The molecule has 0 bridgehead atoms. The van der Waals surface area contributed by atoms with Crippen molar-refractivity contribution in [1.29, 1.82) is 0 Å². The fraction of sp³-hybridized carbons (Fsp3) is 0.538. The average Bonchev–Trinajstić information content (AvgIpc) is 2.31. The SMILES string of the molecule is OCc1ccc(CC2CCNCC2)cc1. The molecule has 0 aromatic heterocycles. The third kappa shape index (κ3) is 3.05. The Kier molecular flexibility index (Phi) is 3.75. The van der Waals surface area contributed by atoms with E-state index in [0.717, 1.165) is 11.5 Å². The quantitative estimate of drug-likeness (QED) is 0.787. The first kappa shape index (κ1) is 10.7. The maximum absolute atomic E-state index is 8.94. The molecular weight excluding hydrogens is 186 g/mol. The molecule has 1 fully saturated rings. The van der Waals surface area contributed by atoms with Gasteiger partial charge in [0.15, 0.2) is 0 Å². The molecular formula is C13H19NO. The second-order valence-corrected chi connectivity index (χ2v) is 4.37. The number of hydrogen-bond acceptors (Lipinski definition) is 2. The van der Waals surface area contributed by atoms with Gasteiger partial charge in [0.2, 0.25) is 0 Å². The van der Waals surface area contributed by atoms with E-state index in [1.165, 1.54) is 37.9 Å². The third-order valence-corrected chi connectivity index (χ3v) is 3.19. The summed E-state index contributed by atoms with van der Waals surface area (Å²) in [5, 5.41) is 12.3. The molecule has 1 aromatic carbocycles. The van der Waals surface area contributed by atoms with Gasteiger partial charge in [-0.1, -0.05) is 24.3 Å². The van der Waals surface area contributed by atoms with E-state index < -0.39 is 0 Å². The first-order chi connectivity index (χ1) is 7.38. The lowest BCUT2D eigenvalue weighted by Crippen LogP contribution is -2.28. The lowest BCUT2D eigenvalue weighted by molar-refractivity contribution is 0.282. The smallest absolute Gasteiger partial charge is 0.0681 e. The summed E-state index contributed by atoms with van der Waals surface area (Å²) < 4.78 is 0. The Labute approximate surface area is 91.3 Å². The van der Waals surface area contributed by atoms with Crippen molar-refractivity contribution in [3.05, 3.63) is 35.4 Å². The summed E-state index contributed by atoms with van der Waals surface area (Å²) in [6, 6.07) is 8.34. The molecule has 1 heterocycles. The van der Waals surface area contributed by atoms with E-state index in [4.69, 9.17) is 5.11 Å². The first-order valence-electron chi connectivity index (χ1n) is 5.78. The zero-order valence-corrected chi connectivity index (χ0v) is 9.08. The van der Waals surface area contributed by atoms with Crippen LogP contribution in [0.3, 0.4) is 0 Å². The second kappa shape index (κ2) is 5.29. The lowest BCUT2D eigenvalue weighted by atomic mass is 9.91. The molecule has 1 saturated heterocycles. The molecule has 0 amide bonds. The number of piperidine rings is 1. The third-order valence-electron chi connectivity index (χ3n) is 3.19. The Bertz CT molecular complexity index is 288. The van der Waals surface area contributed by atoms with Crippen LogP contribution in [0.5, 0.6) is 0 Å². The molecule has 2 N–H and O–H groups in total. The van der Waals surface area contributed by atoms with Crippen molar-refractivity contribution in [3.63, 3.8) is 0 Å². The summed E-state index contributed by atoms with van der Waals surface area (Å²) in [5.74, 6) is 0.839. The van der Waals surface area contributed by atoms with E-state index in [2.05, 4.69) is 17.4 Å². The van der Waals surface area contributed by atoms with Crippen LogP contribution in [0.1, 0.15) is 24.0 Å². The highest BCUT2D eigenvalue weighted by atomic mass is 16.3. The number of rotatable bonds is 3. The Morgan fingerprint density at radius 2 is 1.67 bits per heavy atom. The van der Waals surface area contributed by atoms with E-state index >= 15 is 0 Å². The fourth-order valence-electron chi connectivity index (χ4n) is 2.20. The summed E-state index contributed by atoms with van der Waals surface area (Å²) in [5.41, 5.74) is 2.41. The number of aliphatic hydroxyl groups is 1. The molecule has 1 aromatic rings. The van der Waals surface area contributed by atoms with Crippen molar-refractivity contribution in [2.24, 2.45) is 5.92 Å². The van der Waals surface area contributed by atoms with Gasteiger partial charge in [-0.05, 0) is 49.4 Å². The van der Waals surface area contributed by atoms with E-state index in [1.54, 1.807) is 0 Å². The van der Waals surface area contributed by atoms with E-state index in [-0.39, 0.29) is 6.61 Å². The predicted molar refractivity (Wildman–Crippen MR) is 61.7 cm³/mol. The van der Waals surface area contributed by atoms with E-state index in [9.17, 15) is 0 Å². The maximum atomic E-state index is 8.94. The Hall–Kier alpha value is -0.860. The van der Waals surface area contributed by atoms with Gasteiger partial charge in [-0.2, -0.15) is 0 Å². The van der Waals surface area contributed by atoms with E-state index in [0.29, 0.717) is 0 Å². The number of aliphatic hydroxyl groups excluding tert-OH is 1. The Balaban J connectivity index is 1.91. The summed E-state index contributed by atoms with van der Waals surface area (Å²) in [7, 11) is 0.